The molecule has 0 amide bonds. The molecule has 0 heterocycles. The number of halogens is 2. The minimum absolute atomic E-state index is 0.151. The van der Waals surface area contributed by atoms with Gasteiger partial charge in [-0.15, -0.1) is 0 Å². The van der Waals surface area contributed by atoms with Gasteiger partial charge in [-0.1, -0.05) is 17.7 Å². The number of rotatable bonds is 3. The maximum Gasteiger partial charge on any atom is 0.317 e. The monoisotopic (exact) mass is 286 g/mol. The minimum Gasteiger partial charge on any atom is -0.459 e. The van der Waals surface area contributed by atoms with E-state index >= 15 is 0 Å². The van der Waals surface area contributed by atoms with Gasteiger partial charge in [0, 0.05) is 0 Å². The second kappa shape index (κ2) is 5.70. The van der Waals surface area contributed by atoms with Crippen molar-refractivity contribution in [3.63, 3.8) is 0 Å². The SMILES string of the molecule is CC(C(=O)OC(C)(C)C)C(=O)c1cccc(Cl)c1F. The summed E-state index contributed by atoms with van der Waals surface area (Å²) >= 11 is 5.61. The zero-order valence-electron chi connectivity index (χ0n) is 11.3. The van der Waals surface area contributed by atoms with E-state index in [1.807, 2.05) is 0 Å². The molecule has 5 heteroatoms. The number of esters is 1. The lowest BCUT2D eigenvalue weighted by Crippen LogP contribution is -2.31. The zero-order chi connectivity index (χ0) is 14.8. The average molecular weight is 287 g/mol. The normalized spacial score (nSPS) is 12.9. The van der Waals surface area contributed by atoms with Crippen molar-refractivity contribution in [2.24, 2.45) is 5.92 Å². The molecule has 0 aromatic heterocycles. The quantitative estimate of drug-likeness (QED) is 0.484. The van der Waals surface area contributed by atoms with Crippen molar-refractivity contribution >= 4 is 23.4 Å². The molecule has 0 saturated carbocycles. The predicted molar refractivity (Wildman–Crippen MR) is 70.7 cm³/mol. The molecule has 0 saturated heterocycles. The fraction of sp³-hybridized carbons (Fsp3) is 0.429. The summed E-state index contributed by atoms with van der Waals surface area (Å²) in [7, 11) is 0. The molecule has 1 unspecified atom stereocenters. The van der Waals surface area contributed by atoms with E-state index < -0.39 is 29.1 Å². The summed E-state index contributed by atoms with van der Waals surface area (Å²) in [5.41, 5.74) is -0.899. The van der Waals surface area contributed by atoms with Crippen molar-refractivity contribution < 1.29 is 18.7 Å². The van der Waals surface area contributed by atoms with Gasteiger partial charge in [-0.25, -0.2) is 4.39 Å². The molecule has 1 rings (SSSR count). The summed E-state index contributed by atoms with van der Waals surface area (Å²) in [5, 5.41) is -0.151. The first-order valence-electron chi connectivity index (χ1n) is 5.84. The second-order valence-electron chi connectivity index (χ2n) is 5.22. The fourth-order valence-electron chi connectivity index (χ4n) is 1.42. The van der Waals surface area contributed by atoms with Gasteiger partial charge in [0.15, 0.2) is 11.6 Å². The lowest BCUT2D eigenvalue weighted by molar-refractivity contribution is -0.157. The number of carbonyl (C=O) groups excluding carboxylic acids is 2. The zero-order valence-corrected chi connectivity index (χ0v) is 12.0. The van der Waals surface area contributed by atoms with Crippen LogP contribution >= 0.6 is 11.6 Å². The predicted octanol–water partition coefficient (Wildman–Crippen LogP) is 3.64. The van der Waals surface area contributed by atoms with Crippen LogP contribution in [-0.4, -0.2) is 17.4 Å². The van der Waals surface area contributed by atoms with Crippen LogP contribution in [-0.2, 0) is 9.53 Å². The highest BCUT2D eigenvalue weighted by Gasteiger charge is 2.29. The first kappa shape index (κ1) is 15.6. The highest BCUT2D eigenvalue weighted by molar-refractivity contribution is 6.31. The molecule has 1 atom stereocenters. The molecule has 0 aliphatic heterocycles. The standard InChI is InChI=1S/C14H16ClFO3/c1-8(13(18)19-14(2,3)4)12(17)9-6-5-7-10(15)11(9)16/h5-8H,1-4H3. The first-order chi connectivity index (χ1) is 8.63. The van der Waals surface area contributed by atoms with E-state index in [9.17, 15) is 14.0 Å². The van der Waals surface area contributed by atoms with Gasteiger partial charge in [-0.05, 0) is 39.8 Å². The molecule has 0 fully saturated rings. The van der Waals surface area contributed by atoms with Crippen LogP contribution in [0.5, 0.6) is 0 Å². The van der Waals surface area contributed by atoms with Crippen molar-refractivity contribution in [3.05, 3.63) is 34.6 Å². The molecule has 0 bridgehead atoms. The average Bonchev–Trinajstić information content (AvgIpc) is 2.28. The lowest BCUT2D eigenvalue weighted by atomic mass is 9.98. The first-order valence-corrected chi connectivity index (χ1v) is 6.22. The van der Waals surface area contributed by atoms with Gasteiger partial charge in [0.05, 0.1) is 10.6 Å². The van der Waals surface area contributed by atoms with Crippen molar-refractivity contribution in [1.82, 2.24) is 0 Å². The molecular formula is C14H16ClFO3. The van der Waals surface area contributed by atoms with E-state index in [0.29, 0.717) is 0 Å². The van der Waals surface area contributed by atoms with Crippen molar-refractivity contribution in [2.75, 3.05) is 0 Å². The summed E-state index contributed by atoms with van der Waals surface area (Å²) in [6.45, 7) is 6.48. The van der Waals surface area contributed by atoms with Crippen molar-refractivity contribution in [3.8, 4) is 0 Å². The van der Waals surface area contributed by atoms with Crippen LogP contribution in [0.4, 0.5) is 4.39 Å². The largest absolute Gasteiger partial charge is 0.459 e. The third-order valence-electron chi connectivity index (χ3n) is 2.37. The Morgan fingerprint density at radius 1 is 1.32 bits per heavy atom. The summed E-state index contributed by atoms with van der Waals surface area (Å²) in [4.78, 5) is 23.8. The number of ether oxygens (including phenoxy) is 1. The Kier molecular flexibility index (Phi) is 4.69. The van der Waals surface area contributed by atoms with Crippen LogP contribution in [0.15, 0.2) is 18.2 Å². The Hall–Kier alpha value is -1.42. The molecule has 19 heavy (non-hydrogen) atoms. The summed E-state index contributed by atoms with van der Waals surface area (Å²) in [6, 6.07) is 4.09. The van der Waals surface area contributed by atoms with Gasteiger partial charge < -0.3 is 4.74 Å². The van der Waals surface area contributed by atoms with Crippen molar-refractivity contribution in [1.29, 1.82) is 0 Å². The minimum atomic E-state index is -1.08. The van der Waals surface area contributed by atoms with Crippen LogP contribution in [0.1, 0.15) is 38.1 Å². The molecule has 0 radical (unpaired) electrons. The molecular weight excluding hydrogens is 271 g/mol. The van der Waals surface area contributed by atoms with Crippen LogP contribution in [0.2, 0.25) is 5.02 Å². The molecule has 0 aliphatic rings. The Balaban J connectivity index is 2.94. The molecule has 0 spiro atoms. The van der Waals surface area contributed by atoms with Gasteiger partial charge in [-0.2, -0.15) is 0 Å². The number of hydrogen-bond donors (Lipinski definition) is 0. The second-order valence-corrected chi connectivity index (χ2v) is 5.63. The number of hydrogen-bond acceptors (Lipinski definition) is 3. The lowest BCUT2D eigenvalue weighted by Gasteiger charge is -2.21. The van der Waals surface area contributed by atoms with Gasteiger partial charge in [0.25, 0.3) is 0 Å². The van der Waals surface area contributed by atoms with Gasteiger partial charge in [0.2, 0.25) is 0 Å². The number of carbonyl (C=O) groups is 2. The molecule has 0 aliphatic carbocycles. The van der Waals surface area contributed by atoms with E-state index in [1.54, 1.807) is 20.8 Å². The summed E-state index contributed by atoms with van der Waals surface area (Å²) in [5.74, 6) is -3.22. The summed E-state index contributed by atoms with van der Waals surface area (Å²) < 4.78 is 18.8. The van der Waals surface area contributed by atoms with E-state index in [4.69, 9.17) is 16.3 Å². The highest BCUT2D eigenvalue weighted by Crippen LogP contribution is 2.22. The van der Waals surface area contributed by atoms with E-state index in [2.05, 4.69) is 0 Å². The Bertz CT molecular complexity index is 506. The van der Waals surface area contributed by atoms with Gasteiger partial charge >= 0.3 is 5.97 Å². The fourth-order valence-corrected chi connectivity index (χ4v) is 1.60. The van der Waals surface area contributed by atoms with Gasteiger partial charge in [0.1, 0.15) is 11.5 Å². The van der Waals surface area contributed by atoms with E-state index in [1.165, 1.54) is 25.1 Å². The maximum atomic E-state index is 13.7. The van der Waals surface area contributed by atoms with Crippen LogP contribution in [0.3, 0.4) is 0 Å². The Morgan fingerprint density at radius 3 is 2.42 bits per heavy atom. The number of ketones is 1. The third-order valence-corrected chi connectivity index (χ3v) is 2.66. The van der Waals surface area contributed by atoms with E-state index in [0.717, 1.165) is 0 Å². The smallest absolute Gasteiger partial charge is 0.317 e. The number of Topliss-reactive ketones (excluding diaryl/α,β-unsaturated/α-hetero) is 1. The third kappa shape index (κ3) is 4.03. The maximum absolute atomic E-state index is 13.7. The molecule has 104 valence electrons. The van der Waals surface area contributed by atoms with E-state index in [-0.39, 0.29) is 10.6 Å². The molecule has 1 aromatic rings. The molecule has 1 aromatic carbocycles. The van der Waals surface area contributed by atoms with Gasteiger partial charge in [-0.3, -0.25) is 9.59 Å². The van der Waals surface area contributed by atoms with Crippen molar-refractivity contribution in [2.45, 2.75) is 33.3 Å². The Labute approximate surface area is 116 Å². The molecule has 3 nitrogen and oxygen atoms in total. The topological polar surface area (TPSA) is 43.4 Å². The number of benzene rings is 1. The summed E-state index contributed by atoms with van der Waals surface area (Å²) in [6.07, 6.45) is 0. The highest BCUT2D eigenvalue weighted by atomic mass is 35.5. The van der Waals surface area contributed by atoms with Crippen LogP contribution < -0.4 is 0 Å². The van der Waals surface area contributed by atoms with Crippen LogP contribution in [0.25, 0.3) is 0 Å². The Morgan fingerprint density at radius 2 is 1.89 bits per heavy atom. The van der Waals surface area contributed by atoms with Crippen LogP contribution in [0, 0.1) is 11.7 Å². The molecule has 0 N–H and O–H groups in total.